The van der Waals surface area contributed by atoms with Crippen molar-refractivity contribution in [2.24, 2.45) is 0 Å². The molecule has 0 aromatic carbocycles. The van der Waals surface area contributed by atoms with E-state index < -0.39 is 42.2 Å². The molecule has 9 nitrogen and oxygen atoms in total. The van der Waals surface area contributed by atoms with Gasteiger partial charge < -0.3 is 18.9 Å². The van der Waals surface area contributed by atoms with E-state index in [1.165, 1.54) is 0 Å². The van der Waals surface area contributed by atoms with Gasteiger partial charge in [-0.25, -0.2) is 0 Å². The molecule has 23 heavy (non-hydrogen) atoms. The van der Waals surface area contributed by atoms with E-state index in [0.717, 1.165) is 27.7 Å². The Morgan fingerprint density at radius 2 is 1.26 bits per heavy atom. The number of carbonyl (C=O) groups excluding carboxylic acids is 5. The highest BCUT2D eigenvalue weighted by atomic mass is 16.6. The first kappa shape index (κ1) is 20.6. The Labute approximate surface area is 133 Å². The average Bonchev–Trinajstić information content (AvgIpc) is 2.40. The second kappa shape index (κ2) is 10.3. The van der Waals surface area contributed by atoms with E-state index in [4.69, 9.17) is 18.9 Å². The van der Waals surface area contributed by atoms with Crippen LogP contribution < -0.4 is 0 Å². The largest absolute Gasteiger partial charge is 0.462 e. The lowest BCUT2D eigenvalue weighted by molar-refractivity contribution is -0.177. The SMILES string of the molecule is CC(=O)OC[C@@H](OC(C)=O)[C@H](C[C@H](C=O)OC(C)=O)OC(C)=O. The zero-order chi connectivity index (χ0) is 18.0. The molecule has 0 spiro atoms. The van der Waals surface area contributed by atoms with Gasteiger partial charge in [0, 0.05) is 34.1 Å². The van der Waals surface area contributed by atoms with Crippen LogP contribution in [0.15, 0.2) is 0 Å². The summed E-state index contributed by atoms with van der Waals surface area (Å²) in [6.07, 6.45) is -3.37. The average molecular weight is 332 g/mol. The van der Waals surface area contributed by atoms with Crippen LogP contribution in [0.25, 0.3) is 0 Å². The standard InChI is InChI=1S/C14H20O9/c1-8(16)20-7-14(23-11(4)19)13(22-10(3)18)5-12(6-15)21-9(2)17/h6,12-14H,5,7H2,1-4H3/t12-,13+,14-/m1/s1. The molecule has 130 valence electrons. The van der Waals surface area contributed by atoms with Crippen molar-refractivity contribution in [1.29, 1.82) is 0 Å². The Morgan fingerprint density at radius 3 is 1.65 bits per heavy atom. The number of rotatable bonds is 9. The van der Waals surface area contributed by atoms with Gasteiger partial charge in [0.2, 0.25) is 0 Å². The molecular formula is C14H20O9. The highest BCUT2D eigenvalue weighted by Crippen LogP contribution is 2.14. The summed E-state index contributed by atoms with van der Waals surface area (Å²) in [5.41, 5.74) is 0. The third-order valence-electron chi connectivity index (χ3n) is 2.43. The van der Waals surface area contributed by atoms with Crippen molar-refractivity contribution in [2.45, 2.75) is 52.4 Å². The fraction of sp³-hybridized carbons (Fsp3) is 0.643. The third-order valence-corrected chi connectivity index (χ3v) is 2.43. The molecule has 0 aromatic heterocycles. The minimum Gasteiger partial charge on any atom is -0.462 e. The van der Waals surface area contributed by atoms with Crippen molar-refractivity contribution in [3.63, 3.8) is 0 Å². The van der Waals surface area contributed by atoms with Crippen molar-refractivity contribution < 1.29 is 42.9 Å². The minimum absolute atomic E-state index is 0.248. The summed E-state index contributed by atoms with van der Waals surface area (Å²) in [5.74, 6) is -2.74. The van der Waals surface area contributed by atoms with E-state index in [1.807, 2.05) is 0 Å². The predicted molar refractivity (Wildman–Crippen MR) is 74.0 cm³/mol. The molecule has 9 heteroatoms. The summed E-state index contributed by atoms with van der Waals surface area (Å²) in [7, 11) is 0. The van der Waals surface area contributed by atoms with E-state index >= 15 is 0 Å². The molecule has 0 aliphatic heterocycles. The maximum absolute atomic E-state index is 11.2. The summed E-state index contributed by atoms with van der Waals surface area (Å²) < 4.78 is 19.5. The topological polar surface area (TPSA) is 122 Å². The number of hydrogen-bond donors (Lipinski definition) is 0. The van der Waals surface area contributed by atoms with Crippen LogP contribution in [0.4, 0.5) is 0 Å². The van der Waals surface area contributed by atoms with E-state index in [0.29, 0.717) is 6.29 Å². The molecule has 3 atom stereocenters. The van der Waals surface area contributed by atoms with Crippen LogP contribution in [0.3, 0.4) is 0 Å². The van der Waals surface area contributed by atoms with Crippen LogP contribution in [0.2, 0.25) is 0 Å². The molecule has 0 bridgehead atoms. The maximum Gasteiger partial charge on any atom is 0.303 e. The molecule has 0 saturated heterocycles. The van der Waals surface area contributed by atoms with Gasteiger partial charge in [0.1, 0.15) is 12.7 Å². The molecular weight excluding hydrogens is 312 g/mol. The van der Waals surface area contributed by atoms with Gasteiger partial charge >= 0.3 is 23.9 Å². The van der Waals surface area contributed by atoms with Crippen LogP contribution in [0.1, 0.15) is 34.1 Å². The Hall–Kier alpha value is -2.45. The molecule has 0 heterocycles. The molecule has 0 unspecified atom stereocenters. The lowest BCUT2D eigenvalue weighted by Gasteiger charge is -2.27. The van der Waals surface area contributed by atoms with Gasteiger partial charge in [0.05, 0.1) is 0 Å². The minimum atomic E-state index is -1.20. The summed E-state index contributed by atoms with van der Waals surface area (Å²) in [6.45, 7) is 4.12. The van der Waals surface area contributed by atoms with Crippen molar-refractivity contribution in [3.8, 4) is 0 Å². The second-order valence-electron chi connectivity index (χ2n) is 4.62. The van der Waals surface area contributed by atoms with Gasteiger partial charge in [-0.2, -0.15) is 0 Å². The fourth-order valence-electron chi connectivity index (χ4n) is 1.69. The molecule has 0 rings (SSSR count). The summed E-state index contributed by atoms with van der Waals surface area (Å²) >= 11 is 0. The number of carbonyl (C=O) groups is 5. The summed E-state index contributed by atoms with van der Waals surface area (Å²) in [5, 5.41) is 0. The number of ether oxygens (including phenoxy) is 4. The fourth-order valence-corrected chi connectivity index (χ4v) is 1.69. The second-order valence-corrected chi connectivity index (χ2v) is 4.62. The lowest BCUT2D eigenvalue weighted by Crippen LogP contribution is -2.41. The first-order chi connectivity index (χ1) is 10.6. The van der Waals surface area contributed by atoms with E-state index in [2.05, 4.69) is 0 Å². The van der Waals surface area contributed by atoms with Crippen LogP contribution in [-0.2, 0) is 42.9 Å². The van der Waals surface area contributed by atoms with Gasteiger partial charge in [-0.15, -0.1) is 0 Å². The van der Waals surface area contributed by atoms with E-state index in [1.54, 1.807) is 0 Å². The summed E-state index contributed by atoms with van der Waals surface area (Å²) in [6, 6.07) is 0. The lowest BCUT2D eigenvalue weighted by atomic mass is 10.1. The van der Waals surface area contributed by atoms with Gasteiger partial charge in [-0.3, -0.25) is 24.0 Å². The predicted octanol–water partition coefficient (Wildman–Crippen LogP) is -0.0664. The Morgan fingerprint density at radius 1 is 0.783 bits per heavy atom. The summed E-state index contributed by atoms with van der Waals surface area (Å²) in [4.78, 5) is 55.2. The normalized spacial score (nSPS) is 13.9. The molecule has 0 radical (unpaired) electrons. The van der Waals surface area contributed by atoms with Gasteiger partial charge in [0.15, 0.2) is 18.5 Å². The van der Waals surface area contributed by atoms with Crippen molar-refractivity contribution in [1.82, 2.24) is 0 Å². The van der Waals surface area contributed by atoms with Crippen molar-refractivity contribution >= 4 is 30.2 Å². The number of hydrogen-bond acceptors (Lipinski definition) is 9. The number of aldehydes is 1. The zero-order valence-corrected chi connectivity index (χ0v) is 13.4. The molecule has 0 aromatic rings. The van der Waals surface area contributed by atoms with Crippen LogP contribution in [0, 0.1) is 0 Å². The highest BCUT2D eigenvalue weighted by molar-refractivity contribution is 5.70. The van der Waals surface area contributed by atoms with Crippen molar-refractivity contribution in [2.75, 3.05) is 6.61 Å². The molecule has 0 amide bonds. The molecule has 0 aliphatic carbocycles. The molecule has 0 N–H and O–H groups in total. The first-order valence-corrected chi connectivity index (χ1v) is 6.76. The van der Waals surface area contributed by atoms with Crippen LogP contribution in [0.5, 0.6) is 0 Å². The first-order valence-electron chi connectivity index (χ1n) is 6.76. The Balaban J connectivity index is 5.17. The zero-order valence-electron chi connectivity index (χ0n) is 13.4. The van der Waals surface area contributed by atoms with Gasteiger partial charge in [0.25, 0.3) is 0 Å². The monoisotopic (exact) mass is 332 g/mol. The van der Waals surface area contributed by atoms with E-state index in [9.17, 15) is 24.0 Å². The maximum atomic E-state index is 11.2. The third kappa shape index (κ3) is 9.99. The Bertz CT molecular complexity index is 457. The molecule has 0 saturated carbocycles. The molecule has 0 fully saturated rings. The number of esters is 4. The van der Waals surface area contributed by atoms with Gasteiger partial charge in [-0.1, -0.05) is 0 Å². The molecule has 0 aliphatic rings. The van der Waals surface area contributed by atoms with Crippen LogP contribution >= 0.6 is 0 Å². The van der Waals surface area contributed by atoms with Gasteiger partial charge in [-0.05, 0) is 0 Å². The van der Waals surface area contributed by atoms with Crippen LogP contribution in [-0.4, -0.2) is 55.1 Å². The van der Waals surface area contributed by atoms with E-state index in [-0.39, 0.29) is 13.0 Å². The van der Waals surface area contributed by atoms with Crippen molar-refractivity contribution in [3.05, 3.63) is 0 Å². The quantitative estimate of drug-likeness (QED) is 0.324. The highest BCUT2D eigenvalue weighted by Gasteiger charge is 2.32. The smallest absolute Gasteiger partial charge is 0.303 e. The Kier molecular flexibility index (Phi) is 9.21.